The third kappa shape index (κ3) is 3.83. The third-order valence-electron chi connectivity index (χ3n) is 4.67. The number of methoxy groups -OCH3 is 1. The number of pyridine rings is 3. The molecule has 0 aliphatic carbocycles. The molecule has 0 fully saturated rings. The first-order valence-corrected chi connectivity index (χ1v) is 9.19. The number of nitrogens with one attached hydrogen (secondary N) is 2. The molecule has 0 spiro atoms. The fourth-order valence-electron chi connectivity index (χ4n) is 3.18. The molecule has 0 bridgehead atoms. The molecule has 1 amide bonds. The fraction of sp³-hybridized carbons (Fsp3) is 0.0909. The molecule has 3 aromatic heterocycles. The molecule has 0 aliphatic rings. The number of rotatable bonds is 6. The summed E-state index contributed by atoms with van der Waals surface area (Å²) < 4.78 is 5.25. The predicted octanol–water partition coefficient (Wildman–Crippen LogP) is 2.70. The number of carbonyl (C=O) groups is 1. The van der Waals surface area contributed by atoms with Crippen LogP contribution in [0.1, 0.15) is 15.9 Å². The molecule has 3 heterocycles. The molecule has 4 N–H and O–H groups in total. The highest BCUT2D eigenvalue weighted by Crippen LogP contribution is 2.27. The summed E-state index contributed by atoms with van der Waals surface area (Å²) in [5.74, 6) is 0.541. The molecule has 0 radical (unpaired) electrons. The van der Waals surface area contributed by atoms with Gasteiger partial charge < -0.3 is 20.8 Å². The van der Waals surface area contributed by atoms with E-state index in [0.717, 1.165) is 16.5 Å². The summed E-state index contributed by atoms with van der Waals surface area (Å²) in [6.07, 6.45) is 4.89. The Balaban J connectivity index is 1.76. The van der Waals surface area contributed by atoms with Gasteiger partial charge in [-0.05, 0) is 41.3 Å². The van der Waals surface area contributed by atoms with E-state index in [4.69, 9.17) is 10.5 Å². The normalized spacial score (nSPS) is 10.7. The molecule has 8 nitrogen and oxygen atoms in total. The molecule has 30 heavy (non-hydrogen) atoms. The van der Waals surface area contributed by atoms with Crippen molar-refractivity contribution >= 4 is 22.5 Å². The summed E-state index contributed by atoms with van der Waals surface area (Å²) >= 11 is 0. The monoisotopic (exact) mass is 401 g/mol. The molecule has 150 valence electrons. The van der Waals surface area contributed by atoms with E-state index in [1.54, 1.807) is 43.9 Å². The number of H-pyrrole nitrogens is 1. The van der Waals surface area contributed by atoms with Crippen LogP contribution in [-0.2, 0) is 6.54 Å². The molecule has 0 aliphatic heterocycles. The predicted molar refractivity (Wildman–Crippen MR) is 114 cm³/mol. The van der Waals surface area contributed by atoms with Crippen molar-refractivity contribution in [3.05, 3.63) is 82.5 Å². The summed E-state index contributed by atoms with van der Waals surface area (Å²) in [5.41, 5.74) is 7.77. The van der Waals surface area contributed by atoms with E-state index in [-0.39, 0.29) is 5.56 Å². The molecule has 0 saturated carbocycles. The lowest BCUT2D eigenvalue weighted by molar-refractivity contribution is 0.1000. The van der Waals surface area contributed by atoms with Crippen LogP contribution < -0.4 is 21.3 Å². The first kappa shape index (κ1) is 19.1. The van der Waals surface area contributed by atoms with Crippen molar-refractivity contribution in [2.45, 2.75) is 6.54 Å². The van der Waals surface area contributed by atoms with E-state index in [1.165, 1.54) is 0 Å². The lowest BCUT2D eigenvalue weighted by Crippen LogP contribution is -2.13. The Kier molecular flexibility index (Phi) is 5.13. The number of hydrogen-bond acceptors (Lipinski definition) is 6. The highest BCUT2D eigenvalue weighted by Gasteiger charge is 2.12. The lowest BCUT2D eigenvalue weighted by atomic mass is 10.1. The van der Waals surface area contributed by atoms with Crippen molar-refractivity contribution in [1.29, 1.82) is 0 Å². The molecule has 4 aromatic rings. The van der Waals surface area contributed by atoms with Crippen LogP contribution in [0.15, 0.2) is 65.8 Å². The quantitative estimate of drug-likeness (QED) is 0.456. The van der Waals surface area contributed by atoms with Crippen LogP contribution in [0.4, 0.5) is 5.82 Å². The number of anilines is 1. The minimum atomic E-state index is -0.496. The average molecular weight is 401 g/mol. The van der Waals surface area contributed by atoms with Gasteiger partial charge in [0, 0.05) is 30.1 Å². The average Bonchev–Trinajstić information content (AvgIpc) is 2.77. The minimum absolute atomic E-state index is 0.247. The van der Waals surface area contributed by atoms with Gasteiger partial charge in [0.1, 0.15) is 11.6 Å². The molecule has 8 heteroatoms. The zero-order chi connectivity index (χ0) is 21.1. The Bertz CT molecular complexity index is 1300. The largest absolute Gasteiger partial charge is 0.495 e. The number of benzene rings is 1. The van der Waals surface area contributed by atoms with E-state index in [0.29, 0.717) is 34.8 Å². The van der Waals surface area contributed by atoms with Crippen LogP contribution in [0, 0.1) is 0 Å². The number of aromatic amines is 1. The summed E-state index contributed by atoms with van der Waals surface area (Å²) in [6, 6.07) is 12.5. The van der Waals surface area contributed by atoms with Crippen LogP contribution in [0.25, 0.3) is 22.0 Å². The van der Waals surface area contributed by atoms with Crippen molar-refractivity contribution in [3.63, 3.8) is 0 Å². The first-order valence-electron chi connectivity index (χ1n) is 9.19. The second kappa shape index (κ2) is 8.04. The Morgan fingerprint density at radius 1 is 1.20 bits per heavy atom. The smallest absolute Gasteiger partial charge is 0.259 e. The van der Waals surface area contributed by atoms with Gasteiger partial charge in [-0.1, -0.05) is 12.1 Å². The van der Waals surface area contributed by atoms with Gasteiger partial charge in [-0.25, -0.2) is 4.98 Å². The van der Waals surface area contributed by atoms with Crippen molar-refractivity contribution in [1.82, 2.24) is 15.0 Å². The summed E-state index contributed by atoms with van der Waals surface area (Å²) in [6.45, 7) is 0.359. The van der Waals surface area contributed by atoms with Gasteiger partial charge in [-0.2, -0.15) is 0 Å². The van der Waals surface area contributed by atoms with Gasteiger partial charge in [-0.15, -0.1) is 0 Å². The molecule has 4 rings (SSSR count). The van der Waals surface area contributed by atoms with Crippen LogP contribution in [0.2, 0.25) is 0 Å². The number of nitrogens with two attached hydrogens (primary N) is 1. The fourth-order valence-corrected chi connectivity index (χ4v) is 3.18. The van der Waals surface area contributed by atoms with Crippen LogP contribution in [-0.4, -0.2) is 28.0 Å². The van der Waals surface area contributed by atoms with E-state index < -0.39 is 5.91 Å². The van der Waals surface area contributed by atoms with E-state index in [1.807, 2.05) is 24.3 Å². The zero-order valence-electron chi connectivity index (χ0n) is 16.2. The number of nitrogens with zero attached hydrogens (tertiary/aromatic N) is 2. The summed E-state index contributed by atoms with van der Waals surface area (Å²) in [5, 5.41) is 4.40. The molecular weight excluding hydrogens is 382 g/mol. The number of amides is 1. The number of ether oxygens (including phenoxy) is 1. The Hall–Kier alpha value is -4.20. The number of aromatic nitrogens is 3. The van der Waals surface area contributed by atoms with Crippen LogP contribution in [0.3, 0.4) is 0 Å². The summed E-state index contributed by atoms with van der Waals surface area (Å²) in [4.78, 5) is 35.4. The van der Waals surface area contributed by atoms with E-state index in [9.17, 15) is 9.59 Å². The van der Waals surface area contributed by atoms with Gasteiger partial charge in [0.2, 0.25) is 5.91 Å². The Labute approximate surface area is 171 Å². The molecular formula is C22H19N5O3. The van der Waals surface area contributed by atoms with E-state index in [2.05, 4.69) is 20.3 Å². The molecule has 0 saturated heterocycles. The highest BCUT2D eigenvalue weighted by molar-refractivity contribution is 5.94. The van der Waals surface area contributed by atoms with Crippen LogP contribution in [0.5, 0.6) is 5.75 Å². The second-order valence-corrected chi connectivity index (χ2v) is 6.66. The third-order valence-corrected chi connectivity index (χ3v) is 4.67. The molecule has 1 aromatic carbocycles. The minimum Gasteiger partial charge on any atom is -0.495 e. The second-order valence-electron chi connectivity index (χ2n) is 6.66. The van der Waals surface area contributed by atoms with Gasteiger partial charge in [-0.3, -0.25) is 14.6 Å². The lowest BCUT2D eigenvalue weighted by Gasteiger charge is -2.12. The standard InChI is InChI=1S/C22H19N5O3/c1-30-17-8-16(11-24-12-17)18-9-14-5-6-25-22(29)19(14)21(27-18)26-10-13-3-2-4-15(7-13)20(23)28/h2-9,11-12H,10H2,1H3,(H2,23,28)(H,25,29)(H,26,27). The summed E-state index contributed by atoms with van der Waals surface area (Å²) in [7, 11) is 1.57. The molecule has 0 unspecified atom stereocenters. The molecule has 0 atom stereocenters. The Morgan fingerprint density at radius 3 is 2.87 bits per heavy atom. The number of primary amides is 1. The SMILES string of the molecule is COc1cncc(-c2cc3cc[nH]c(=O)c3c(NCc3cccc(C(N)=O)c3)n2)c1. The Morgan fingerprint density at radius 2 is 2.07 bits per heavy atom. The zero-order valence-corrected chi connectivity index (χ0v) is 16.2. The number of carbonyl (C=O) groups excluding carboxylic acids is 1. The van der Waals surface area contributed by atoms with Gasteiger partial charge in [0.05, 0.1) is 24.4 Å². The van der Waals surface area contributed by atoms with Gasteiger partial charge in [0.25, 0.3) is 5.56 Å². The maximum atomic E-state index is 12.5. The highest BCUT2D eigenvalue weighted by atomic mass is 16.5. The van der Waals surface area contributed by atoms with Crippen molar-refractivity contribution in [3.8, 4) is 17.0 Å². The van der Waals surface area contributed by atoms with Crippen molar-refractivity contribution in [2.24, 2.45) is 5.73 Å². The van der Waals surface area contributed by atoms with Crippen LogP contribution >= 0.6 is 0 Å². The number of hydrogen-bond donors (Lipinski definition) is 3. The van der Waals surface area contributed by atoms with E-state index >= 15 is 0 Å². The topological polar surface area (TPSA) is 123 Å². The van der Waals surface area contributed by atoms with Gasteiger partial charge >= 0.3 is 0 Å². The van der Waals surface area contributed by atoms with Crippen molar-refractivity contribution in [2.75, 3.05) is 12.4 Å². The maximum Gasteiger partial charge on any atom is 0.259 e. The van der Waals surface area contributed by atoms with Crippen molar-refractivity contribution < 1.29 is 9.53 Å². The first-order chi connectivity index (χ1) is 14.5. The number of fused-ring (bicyclic) bond motifs is 1. The van der Waals surface area contributed by atoms with Gasteiger partial charge in [0.15, 0.2) is 0 Å². The maximum absolute atomic E-state index is 12.5.